The molecule has 0 bridgehead atoms. The quantitative estimate of drug-likeness (QED) is 0.420. The molecule has 1 rings (SSSR count). The van der Waals surface area contributed by atoms with Crippen LogP contribution in [-0.4, -0.2) is 21.9 Å². The number of rotatable bonds is 4. The summed E-state index contributed by atoms with van der Waals surface area (Å²) in [5, 5.41) is 4.05. The number of carbonyl (C=O) groups is 1. The van der Waals surface area contributed by atoms with Crippen LogP contribution in [0.1, 0.15) is 16.1 Å². The van der Waals surface area contributed by atoms with Crippen LogP contribution in [0.25, 0.3) is 0 Å². The molecule has 3 nitrogen and oxygen atoms in total. The van der Waals surface area contributed by atoms with E-state index in [1.165, 1.54) is 0 Å². The third kappa shape index (κ3) is 2.42. The number of halogens is 1. The maximum atomic E-state index is 10.6. The Kier molecular flexibility index (Phi) is 3.71. The van der Waals surface area contributed by atoms with Gasteiger partial charge in [0.25, 0.3) is 0 Å². The Bertz CT molecular complexity index is 317. The van der Waals surface area contributed by atoms with Crippen LogP contribution in [0, 0.1) is 6.92 Å². The number of hydrogen-bond acceptors (Lipinski definition) is 2. The molecule has 0 N–H and O–H groups in total. The van der Waals surface area contributed by atoms with Gasteiger partial charge < -0.3 is 0 Å². The van der Waals surface area contributed by atoms with Crippen LogP contribution in [0.5, 0.6) is 0 Å². The maximum absolute atomic E-state index is 10.6. The molecule has 0 aliphatic heterocycles. The molecule has 0 saturated carbocycles. The van der Waals surface area contributed by atoms with Crippen LogP contribution in [0.15, 0.2) is 18.3 Å². The monoisotopic (exact) mass is 198 g/mol. The predicted molar refractivity (Wildman–Crippen MR) is 52.2 cm³/mol. The predicted octanol–water partition coefficient (Wildman–Crippen LogP) is 1.80. The first-order chi connectivity index (χ1) is 6.29. The van der Waals surface area contributed by atoms with Gasteiger partial charge in [0.2, 0.25) is 0 Å². The number of nitrogens with zero attached hydrogens (tertiary/aromatic N) is 2. The van der Waals surface area contributed by atoms with Crippen molar-refractivity contribution >= 4 is 17.9 Å². The minimum Gasteiger partial charge on any atom is -0.296 e. The summed E-state index contributed by atoms with van der Waals surface area (Å²) in [6.07, 6.45) is 6.20. The van der Waals surface area contributed by atoms with Crippen LogP contribution in [-0.2, 0) is 6.54 Å². The zero-order valence-electron chi connectivity index (χ0n) is 7.40. The largest absolute Gasteiger partial charge is 0.296 e. The van der Waals surface area contributed by atoms with Gasteiger partial charge in [-0.2, -0.15) is 5.10 Å². The Morgan fingerprint density at radius 3 is 3.00 bits per heavy atom. The van der Waals surface area contributed by atoms with E-state index in [1.807, 2.05) is 19.1 Å². The average Bonchev–Trinajstić information content (AvgIpc) is 2.47. The van der Waals surface area contributed by atoms with Crippen LogP contribution in [0.4, 0.5) is 0 Å². The van der Waals surface area contributed by atoms with E-state index in [9.17, 15) is 4.79 Å². The third-order valence-corrected chi connectivity index (χ3v) is 1.90. The molecule has 0 aliphatic carbocycles. The van der Waals surface area contributed by atoms with Gasteiger partial charge in [-0.25, -0.2) is 0 Å². The zero-order chi connectivity index (χ0) is 9.68. The summed E-state index contributed by atoms with van der Waals surface area (Å²) in [4.78, 5) is 10.6. The lowest BCUT2D eigenvalue weighted by molar-refractivity contribution is 0.111. The molecule has 0 radical (unpaired) electrons. The lowest BCUT2D eigenvalue weighted by Crippen LogP contribution is -2.02. The van der Waals surface area contributed by atoms with Crippen molar-refractivity contribution in [3.05, 3.63) is 29.6 Å². The molecule has 0 saturated heterocycles. The number of aryl methyl sites for hydroxylation is 1. The van der Waals surface area contributed by atoms with Crippen molar-refractivity contribution < 1.29 is 4.79 Å². The minimum absolute atomic E-state index is 0.483. The first kappa shape index (κ1) is 9.99. The second kappa shape index (κ2) is 4.82. The molecule has 0 fully saturated rings. The van der Waals surface area contributed by atoms with Crippen LogP contribution in [0.3, 0.4) is 0 Å². The van der Waals surface area contributed by atoms with Crippen molar-refractivity contribution in [1.29, 1.82) is 0 Å². The van der Waals surface area contributed by atoms with E-state index in [4.69, 9.17) is 11.6 Å². The Hall–Kier alpha value is -1.09. The van der Waals surface area contributed by atoms with E-state index in [2.05, 4.69) is 5.10 Å². The van der Waals surface area contributed by atoms with Crippen LogP contribution >= 0.6 is 11.6 Å². The first-order valence-corrected chi connectivity index (χ1v) is 4.51. The fourth-order valence-corrected chi connectivity index (χ4v) is 1.15. The van der Waals surface area contributed by atoms with Crippen molar-refractivity contribution in [2.24, 2.45) is 0 Å². The van der Waals surface area contributed by atoms with Crippen molar-refractivity contribution in [3.8, 4) is 0 Å². The van der Waals surface area contributed by atoms with E-state index in [-0.39, 0.29) is 0 Å². The third-order valence-electron chi connectivity index (χ3n) is 1.72. The van der Waals surface area contributed by atoms with Gasteiger partial charge in [0.15, 0.2) is 6.29 Å². The van der Waals surface area contributed by atoms with Crippen LogP contribution < -0.4 is 0 Å². The van der Waals surface area contributed by atoms with Crippen LogP contribution in [0.2, 0.25) is 0 Å². The van der Waals surface area contributed by atoms with Gasteiger partial charge in [0.05, 0.1) is 12.7 Å². The van der Waals surface area contributed by atoms with E-state index in [0.29, 0.717) is 18.1 Å². The fraction of sp³-hybridized carbons (Fsp3) is 0.333. The molecule has 0 spiro atoms. The number of alkyl halides is 1. The number of aromatic nitrogens is 2. The molecular formula is C9H11ClN2O. The van der Waals surface area contributed by atoms with E-state index in [1.54, 1.807) is 10.9 Å². The number of carbonyl (C=O) groups excluding carboxylic acids is 1. The second-order valence-electron chi connectivity index (χ2n) is 2.64. The van der Waals surface area contributed by atoms with Gasteiger partial charge in [-0.3, -0.25) is 9.48 Å². The molecule has 1 aromatic rings. The number of hydrogen-bond donors (Lipinski definition) is 0. The molecule has 0 aromatic carbocycles. The summed E-state index contributed by atoms with van der Waals surface area (Å²) in [7, 11) is 0. The summed E-state index contributed by atoms with van der Waals surface area (Å²) < 4.78 is 1.64. The summed E-state index contributed by atoms with van der Waals surface area (Å²) in [6.45, 7) is 2.45. The highest BCUT2D eigenvalue weighted by Gasteiger charge is 2.03. The van der Waals surface area contributed by atoms with Crippen molar-refractivity contribution in [3.63, 3.8) is 0 Å². The SMILES string of the molecule is Cc1cnn(CC=CCCl)c1C=O. The molecule has 0 amide bonds. The Morgan fingerprint density at radius 2 is 2.38 bits per heavy atom. The molecule has 70 valence electrons. The molecule has 4 heteroatoms. The Labute approximate surface area is 82.0 Å². The minimum atomic E-state index is 0.483. The number of aldehydes is 1. The van der Waals surface area contributed by atoms with E-state index in [0.717, 1.165) is 11.8 Å². The highest BCUT2D eigenvalue weighted by atomic mass is 35.5. The summed E-state index contributed by atoms with van der Waals surface area (Å²) in [5.74, 6) is 0.483. The lowest BCUT2D eigenvalue weighted by Gasteiger charge is -1.97. The smallest absolute Gasteiger partial charge is 0.168 e. The van der Waals surface area contributed by atoms with Gasteiger partial charge in [0, 0.05) is 5.88 Å². The van der Waals surface area contributed by atoms with Gasteiger partial charge in [-0.05, 0) is 12.5 Å². The van der Waals surface area contributed by atoms with Gasteiger partial charge in [-0.15, -0.1) is 11.6 Å². The topological polar surface area (TPSA) is 34.9 Å². The standard InChI is InChI=1S/C9H11ClN2O/c1-8-6-11-12(9(8)7-13)5-3-2-4-10/h2-3,6-7H,4-5H2,1H3. The van der Waals surface area contributed by atoms with E-state index >= 15 is 0 Å². The van der Waals surface area contributed by atoms with E-state index < -0.39 is 0 Å². The highest BCUT2D eigenvalue weighted by Crippen LogP contribution is 2.03. The second-order valence-corrected chi connectivity index (χ2v) is 2.95. The fourth-order valence-electron chi connectivity index (χ4n) is 1.02. The van der Waals surface area contributed by atoms with Gasteiger partial charge in [-0.1, -0.05) is 12.2 Å². The molecule has 0 atom stereocenters. The number of allylic oxidation sites excluding steroid dienone is 2. The van der Waals surface area contributed by atoms with Gasteiger partial charge >= 0.3 is 0 Å². The van der Waals surface area contributed by atoms with Crippen molar-refractivity contribution in [1.82, 2.24) is 9.78 Å². The highest BCUT2D eigenvalue weighted by molar-refractivity contribution is 6.18. The summed E-state index contributed by atoms with van der Waals surface area (Å²) >= 11 is 5.46. The average molecular weight is 199 g/mol. The lowest BCUT2D eigenvalue weighted by atomic mass is 10.3. The van der Waals surface area contributed by atoms with Crippen molar-refractivity contribution in [2.75, 3.05) is 5.88 Å². The maximum Gasteiger partial charge on any atom is 0.168 e. The molecule has 0 unspecified atom stereocenters. The van der Waals surface area contributed by atoms with Crippen molar-refractivity contribution in [2.45, 2.75) is 13.5 Å². The molecule has 1 aromatic heterocycles. The van der Waals surface area contributed by atoms with Gasteiger partial charge in [0.1, 0.15) is 5.69 Å². The molecule has 13 heavy (non-hydrogen) atoms. The Morgan fingerprint density at radius 1 is 1.62 bits per heavy atom. The molecular weight excluding hydrogens is 188 g/mol. The normalized spacial score (nSPS) is 10.9. The summed E-state index contributed by atoms with van der Waals surface area (Å²) in [5.41, 5.74) is 1.52. The first-order valence-electron chi connectivity index (χ1n) is 3.98. The molecule has 1 heterocycles. The molecule has 0 aliphatic rings. The zero-order valence-corrected chi connectivity index (χ0v) is 8.16. The Balaban J connectivity index is 2.76. The summed E-state index contributed by atoms with van der Waals surface area (Å²) in [6, 6.07) is 0.